The Kier molecular flexibility index (Phi) is 3.32. The molecular formula is C10H16N4O2S. The van der Waals surface area contributed by atoms with E-state index in [9.17, 15) is 8.42 Å². The van der Waals surface area contributed by atoms with E-state index in [1.54, 1.807) is 6.07 Å². The summed E-state index contributed by atoms with van der Waals surface area (Å²) in [4.78, 5) is 5.92. The third kappa shape index (κ3) is 2.74. The number of nitrogens with zero attached hydrogens (tertiary/aromatic N) is 2. The molecule has 0 bridgehead atoms. The lowest BCUT2D eigenvalue weighted by Crippen LogP contribution is -2.36. The third-order valence-corrected chi connectivity index (χ3v) is 4.37. The molecule has 1 unspecified atom stereocenters. The molecule has 0 aliphatic carbocycles. The van der Waals surface area contributed by atoms with E-state index in [2.05, 4.69) is 14.6 Å². The highest BCUT2D eigenvalue weighted by atomic mass is 32.2. The van der Waals surface area contributed by atoms with Crippen molar-refractivity contribution in [2.24, 2.45) is 0 Å². The molecule has 6 nitrogen and oxygen atoms in total. The summed E-state index contributed by atoms with van der Waals surface area (Å²) < 4.78 is 26.8. The third-order valence-electron chi connectivity index (χ3n) is 2.80. The fraction of sp³-hybridized carbons (Fsp3) is 0.500. The molecule has 2 heterocycles. The number of likely N-dealkylation sites (tertiary alicyclic amines) is 1. The van der Waals surface area contributed by atoms with Crippen LogP contribution in [-0.2, 0) is 10.0 Å². The molecule has 7 heteroatoms. The first kappa shape index (κ1) is 12.3. The monoisotopic (exact) mass is 256 g/mol. The summed E-state index contributed by atoms with van der Waals surface area (Å²) in [6, 6.07) is 2.97. The quantitative estimate of drug-likeness (QED) is 0.771. The summed E-state index contributed by atoms with van der Waals surface area (Å²) >= 11 is 0. The lowest BCUT2D eigenvalue weighted by Gasteiger charge is -2.13. The molecule has 3 N–H and O–H groups in total. The van der Waals surface area contributed by atoms with E-state index in [-0.39, 0.29) is 16.8 Å². The van der Waals surface area contributed by atoms with Gasteiger partial charge < -0.3 is 10.6 Å². The maximum atomic E-state index is 12.1. The standard InChI is InChI=1S/C10H16N4O2S/c1-14-6-4-8(7-14)13-17(15,16)9-3-2-5-12-10(9)11/h2-3,5,8,13H,4,6-7H2,1H3,(H2,11,12). The van der Waals surface area contributed by atoms with Crippen LogP contribution in [0.5, 0.6) is 0 Å². The van der Waals surface area contributed by atoms with Gasteiger partial charge in [-0.3, -0.25) is 0 Å². The van der Waals surface area contributed by atoms with Crippen LogP contribution in [0.15, 0.2) is 23.2 Å². The van der Waals surface area contributed by atoms with Gasteiger partial charge in [-0.1, -0.05) is 0 Å². The minimum atomic E-state index is -3.56. The van der Waals surface area contributed by atoms with Crippen LogP contribution >= 0.6 is 0 Å². The molecule has 17 heavy (non-hydrogen) atoms. The molecule has 0 radical (unpaired) electrons. The van der Waals surface area contributed by atoms with E-state index in [1.165, 1.54) is 12.3 Å². The Bertz CT molecular complexity index is 503. The first-order chi connectivity index (χ1) is 7.99. The lowest BCUT2D eigenvalue weighted by molar-refractivity contribution is 0.407. The van der Waals surface area contributed by atoms with Gasteiger partial charge in [0.2, 0.25) is 10.0 Å². The van der Waals surface area contributed by atoms with Crippen LogP contribution in [-0.4, -0.2) is 44.5 Å². The molecule has 1 aliphatic heterocycles. The van der Waals surface area contributed by atoms with Gasteiger partial charge in [0.25, 0.3) is 0 Å². The van der Waals surface area contributed by atoms with Crippen molar-refractivity contribution >= 4 is 15.8 Å². The Labute approximate surface area is 101 Å². The molecule has 1 atom stereocenters. The van der Waals surface area contributed by atoms with E-state index in [0.29, 0.717) is 0 Å². The molecule has 94 valence electrons. The van der Waals surface area contributed by atoms with E-state index >= 15 is 0 Å². The zero-order valence-corrected chi connectivity index (χ0v) is 10.4. The number of sulfonamides is 1. The van der Waals surface area contributed by atoms with Gasteiger partial charge in [-0.25, -0.2) is 18.1 Å². The van der Waals surface area contributed by atoms with Crippen LogP contribution in [0.4, 0.5) is 5.82 Å². The number of hydrogen-bond donors (Lipinski definition) is 2. The summed E-state index contributed by atoms with van der Waals surface area (Å²) in [6.45, 7) is 1.62. The zero-order chi connectivity index (χ0) is 12.5. The van der Waals surface area contributed by atoms with Gasteiger partial charge in [-0.2, -0.15) is 0 Å². The van der Waals surface area contributed by atoms with Crippen LogP contribution in [0.25, 0.3) is 0 Å². The van der Waals surface area contributed by atoms with Crippen LogP contribution in [0, 0.1) is 0 Å². The zero-order valence-electron chi connectivity index (χ0n) is 9.63. The number of hydrogen-bond acceptors (Lipinski definition) is 5. The number of likely N-dealkylation sites (N-methyl/N-ethyl adjacent to an activating group) is 1. The highest BCUT2D eigenvalue weighted by Gasteiger charge is 2.26. The van der Waals surface area contributed by atoms with Gasteiger partial charge in [0, 0.05) is 18.8 Å². The largest absolute Gasteiger partial charge is 0.383 e. The topological polar surface area (TPSA) is 88.3 Å². The van der Waals surface area contributed by atoms with Crippen molar-refractivity contribution in [3.8, 4) is 0 Å². The van der Waals surface area contributed by atoms with Crippen LogP contribution in [0.1, 0.15) is 6.42 Å². The molecule has 1 aromatic rings. The number of rotatable bonds is 3. The summed E-state index contributed by atoms with van der Waals surface area (Å²) in [5.74, 6) is 0.0337. The molecule has 0 saturated carbocycles. The van der Waals surface area contributed by atoms with Gasteiger partial charge in [0.1, 0.15) is 10.7 Å². The average molecular weight is 256 g/mol. The molecule has 0 spiro atoms. The number of aromatic nitrogens is 1. The molecule has 1 fully saturated rings. The van der Waals surface area contributed by atoms with Crippen LogP contribution < -0.4 is 10.5 Å². The Hall–Kier alpha value is -1.18. The number of nitrogen functional groups attached to an aromatic ring is 1. The second kappa shape index (κ2) is 4.59. The predicted molar refractivity (Wildman–Crippen MR) is 64.9 cm³/mol. The van der Waals surface area contributed by atoms with Crippen LogP contribution in [0.3, 0.4) is 0 Å². The SMILES string of the molecule is CN1CCC(NS(=O)(=O)c2cccnc2N)C1. The van der Waals surface area contributed by atoms with Crippen molar-refractivity contribution in [3.63, 3.8) is 0 Å². The van der Waals surface area contributed by atoms with Crippen molar-refractivity contribution in [1.82, 2.24) is 14.6 Å². The molecule has 1 aromatic heterocycles. The molecular weight excluding hydrogens is 240 g/mol. The van der Waals surface area contributed by atoms with E-state index in [1.807, 2.05) is 7.05 Å². The van der Waals surface area contributed by atoms with Crippen molar-refractivity contribution in [2.45, 2.75) is 17.4 Å². The minimum Gasteiger partial charge on any atom is -0.383 e. The van der Waals surface area contributed by atoms with Gasteiger partial charge in [0.05, 0.1) is 0 Å². The van der Waals surface area contributed by atoms with Gasteiger partial charge in [-0.15, -0.1) is 0 Å². The number of anilines is 1. The highest BCUT2D eigenvalue weighted by Crippen LogP contribution is 2.16. The van der Waals surface area contributed by atoms with Crippen molar-refractivity contribution < 1.29 is 8.42 Å². The van der Waals surface area contributed by atoms with E-state index in [4.69, 9.17) is 5.73 Å². The molecule has 1 aliphatic rings. The molecule has 0 amide bonds. The summed E-state index contributed by atoms with van der Waals surface area (Å²) in [5, 5.41) is 0. The second-order valence-electron chi connectivity index (χ2n) is 4.26. The summed E-state index contributed by atoms with van der Waals surface area (Å²) in [7, 11) is -1.60. The van der Waals surface area contributed by atoms with E-state index < -0.39 is 10.0 Å². The Morgan fingerprint density at radius 1 is 1.59 bits per heavy atom. The predicted octanol–water partition coefficient (Wildman–Crippen LogP) is -0.354. The fourth-order valence-electron chi connectivity index (χ4n) is 1.94. The average Bonchev–Trinajstić information content (AvgIpc) is 2.63. The van der Waals surface area contributed by atoms with Gasteiger partial charge in [0.15, 0.2) is 0 Å². The lowest BCUT2D eigenvalue weighted by atomic mass is 10.3. The smallest absolute Gasteiger partial charge is 0.244 e. The Balaban J connectivity index is 2.17. The van der Waals surface area contributed by atoms with Crippen molar-refractivity contribution in [1.29, 1.82) is 0 Å². The fourth-order valence-corrected chi connectivity index (χ4v) is 3.29. The maximum Gasteiger partial charge on any atom is 0.244 e. The van der Waals surface area contributed by atoms with Crippen molar-refractivity contribution in [2.75, 3.05) is 25.9 Å². The second-order valence-corrected chi connectivity index (χ2v) is 5.94. The molecule has 1 saturated heterocycles. The summed E-state index contributed by atoms with van der Waals surface area (Å²) in [5.41, 5.74) is 5.57. The summed E-state index contributed by atoms with van der Waals surface area (Å²) in [6.07, 6.45) is 2.29. The van der Waals surface area contributed by atoms with Crippen LogP contribution in [0.2, 0.25) is 0 Å². The Morgan fingerprint density at radius 3 is 2.94 bits per heavy atom. The molecule has 2 rings (SSSR count). The normalized spacial score (nSPS) is 21.8. The molecule has 0 aromatic carbocycles. The first-order valence-corrected chi connectivity index (χ1v) is 6.89. The number of pyridine rings is 1. The number of nitrogens with one attached hydrogen (secondary N) is 1. The number of nitrogens with two attached hydrogens (primary N) is 1. The highest BCUT2D eigenvalue weighted by molar-refractivity contribution is 7.89. The minimum absolute atomic E-state index is 0.0337. The maximum absolute atomic E-state index is 12.1. The first-order valence-electron chi connectivity index (χ1n) is 5.40. The van der Waals surface area contributed by atoms with Crippen molar-refractivity contribution in [3.05, 3.63) is 18.3 Å². The van der Waals surface area contributed by atoms with E-state index in [0.717, 1.165) is 19.5 Å². The van der Waals surface area contributed by atoms with Gasteiger partial charge >= 0.3 is 0 Å². The Morgan fingerprint density at radius 2 is 2.35 bits per heavy atom. The van der Waals surface area contributed by atoms with Gasteiger partial charge in [-0.05, 0) is 32.1 Å².